The van der Waals surface area contributed by atoms with E-state index in [2.05, 4.69) is 15.6 Å². The van der Waals surface area contributed by atoms with Crippen LogP contribution in [0.1, 0.15) is 41.8 Å². The van der Waals surface area contributed by atoms with Gasteiger partial charge in [-0.25, -0.2) is 4.98 Å². The van der Waals surface area contributed by atoms with E-state index in [0.717, 1.165) is 49.0 Å². The van der Waals surface area contributed by atoms with E-state index in [1.807, 2.05) is 36.5 Å². The summed E-state index contributed by atoms with van der Waals surface area (Å²) in [5.41, 5.74) is 2.26. The van der Waals surface area contributed by atoms with Gasteiger partial charge in [-0.3, -0.25) is 4.99 Å². The first-order chi connectivity index (χ1) is 13.7. The van der Waals surface area contributed by atoms with Crippen LogP contribution in [-0.4, -0.2) is 38.3 Å². The lowest BCUT2D eigenvalue weighted by atomic mass is 10.0. The number of fused-ring (bicyclic) bond motifs is 1. The second-order valence-corrected chi connectivity index (χ2v) is 7.88. The van der Waals surface area contributed by atoms with Crippen molar-refractivity contribution in [1.82, 2.24) is 10.3 Å². The standard InChI is InChI=1S/C21H30N4O2S/c1-4-27-18-14-15(11-12-17(18)26-3)24-21(22-2)23-13-7-10-20-25-16-8-5-6-9-19(16)28-20/h11-12,14H,4-10,13H2,1-3H3,(H2,22,23,24). The monoisotopic (exact) mass is 402 g/mol. The molecule has 6 nitrogen and oxygen atoms in total. The van der Waals surface area contributed by atoms with Gasteiger partial charge in [-0.1, -0.05) is 0 Å². The fourth-order valence-electron chi connectivity index (χ4n) is 3.30. The highest BCUT2D eigenvalue weighted by molar-refractivity contribution is 7.11. The molecule has 0 aliphatic heterocycles. The molecule has 0 fully saturated rings. The molecule has 1 aromatic carbocycles. The molecule has 1 aliphatic carbocycles. The SMILES string of the molecule is CCOc1cc(NC(=NC)NCCCc2nc3c(s2)CCCC3)ccc1OC. The summed E-state index contributed by atoms with van der Waals surface area (Å²) in [6.07, 6.45) is 7.02. The molecule has 152 valence electrons. The zero-order chi connectivity index (χ0) is 19.8. The molecule has 2 N–H and O–H groups in total. The summed E-state index contributed by atoms with van der Waals surface area (Å²) in [6.45, 7) is 3.39. The van der Waals surface area contributed by atoms with Crippen LogP contribution in [-0.2, 0) is 19.3 Å². The van der Waals surface area contributed by atoms with Gasteiger partial charge in [0.1, 0.15) is 0 Å². The fraction of sp³-hybridized carbons (Fsp3) is 0.524. The molecule has 3 rings (SSSR count). The van der Waals surface area contributed by atoms with E-state index >= 15 is 0 Å². The maximum atomic E-state index is 5.63. The number of aliphatic imine (C=N–C) groups is 1. The average molecular weight is 403 g/mol. The average Bonchev–Trinajstić information content (AvgIpc) is 3.13. The smallest absolute Gasteiger partial charge is 0.195 e. The van der Waals surface area contributed by atoms with Crippen LogP contribution in [0.3, 0.4) is 0 Å². The van der Waals surface area contributed by atoms with Crippen molar-refractivity contribution in [3.05, 3.63) is 33.8 Å². The van der Waals surface area contributed by atoms with Crippen LogP contribution in [0.4, 0.5) is 5.69 Å². The van der Waals surface area contributed by atoms with Crippen molar-refractivity contribution in [3.8, 4) is 11.5 Å². The van der Waals surface area contributed by atoms with Crippen molar-refractivity contribution in [3.63, 3.8) is 0 Å². The van der Waals surface area contributed by atoms with Gasteiger partial charge in [0.25, 0.3) is 0 Å². The van der Waals surface area contributed by atoms with E-state index in [9.17, 15) is 0 Å². The summed E-state index contributed by atoms with van der Waals surface area (Å²) < 4.78 is 11.0. The Balaban J connectivity index is 1.48. The third kappa shape index (κ3) is 5.38. The van der Waals surface area contributed by atoms with Gasteiger partial charge in [0.05, 0.1) is 24.4 Å². The van der Waals surface area contributed by atoms with Gasteiger partial charge in [-0.2, -0.15) is 0 Å². The Kier molecular flexibility index (Phi) is 7.54. The Bertz CT molecular complexity index is 780. The molecule has 0 bridgehead atoms. The largest absolute Gasteiger partial charge is 0.493 e. The van der Waals surface area contributed by atoms with Crippen molar-refractivity contribution in [2.75, 3.05) is 32.6 Å². The number of hydrogen-bond acceptors (Lipinski definition) is 5. The zero-order valence-electron chi connectivity index (χ0n) is 17.0. The highest BCUT2D eigenvalue weighted by Gasteiger charge is 2.14. The molecule has 2 aromatic rings. The highest BCUT2D eigenvalue weighted by atomic mass is 32.1. The molecule has 0 atom stereocenters. The molecule has 0 saturated heterocycles. The lowest BCUT2D eigenvalue weighted by Crippen LogP contribution is -2.31. The minimum atomic E-state index is 0.590. The van der Waals surface area contributed by atoms with E-state index in [1.54, 1.807) is 14.2 Å². The lowest BCUT2D eigenvalue weighted by molar-refractivity contribution is 0.311. The number of nitrogens with zero attached hydrogens (tertiary/aromatic N) is 2. The number of ether oxygens (including phenoxy) is 2. The molecule has 0 amide bonds. The number of thiazole rings is 1. The van der Waals surface area contributed by atoms with E-state index in [0.29, 0.717) is 6.61 Å². The second-order valence-electron chi connectivity index (χ2n) is 6.71. The molecule has 1 aliphatic rings. The number of nitrogens with one attached hydrogen (secondary N) is 2. The van der Waals surface area contributed by atoms with E-state index in [-0.39, 0.29) is 0 Å². The van der Waals surface area contributed by atoms with Crippen molar-refractivity contribution in [1.29, 1.82) is 0 Å². The lowest BCUT2D eigenvalue weighted by Gasteiger charge is -2.14. The summed E-state index contributed by atoms with van der Waals surface area (Å²) in [6, 6.07) is 5.77. The highest BCUT2D eigenvalue weighted by Crippen LogP contribution is 2.30. The minimum absolute atomic E-state index is 0.590. The zero-order valence-corrected chi connectivity index (χ0v) is 17.8. The maximum Gasteiger partial charge on any atom is 0.195 e. The third-order valence-electron chi connectivity index (χ3n) is 4.70. The fourth-order valence-corrected chi connectivity index (χ4v) is 4.50. The molecule has 0 unspecified atom stereocenters. The summed E-state index contributed by atoms with van der Waals surface area (Å²) in [4.78, 5) is 10.6. The normalized spacial score (nSPS) is 13.8. The van der Waals surface area contributed by atoms with Crippen LogP contribution >= 0.6 is 11.3 Å². The quantitative estimate of drug-likeness (QED) is 0.396. The van der Waals surface area contributed by atoms with Gasteiger partial charge in [0.15, 0.2) is 17.5 Å². The molecule has 7 heteroatoms. The summed E-state index contributed by atoms with van der Waals surface area (Å²) in [5.74, 6) is 2.19. The van der Waals surface area contributed by atoms with Crippen LogP contribution in [0.2, 0.25) is 0 Å². The summed E-state index contributed by atoms with van der Waals surface area (Å²) in [7, 11) is 3.42. The van der Waals surface area contributed by atoms with E-state index < -0.39 is 0 Å². The van der Waals surface area contributed by atoms with Crippen molar-refractivity contribution in [2.24, 2.45) is 4.99 Å². The van der Waals surface area contributed by atoms with Crippen LogP contribution in [0, 0.1) is 0 Å². The first-order valence-corrected chi connectivity index (χ1v) is 10.8. The molecule has 28 heavy (non-hydrogen) atoms. The molecule has 0 spiro atoms. The van der Waals surface area contributed by atoms with Crippen LogP contribution in [0.5, 0.6) is 11.5 Å². The molecular weight excluding hydrogens is 372 g/mol. The Morgan fingerprint density at radius 3 is 2.86 bits per heavy atom. The van der Waals surface area contributed by atoms with Crippen LogP contribution in [0.15, 0.2) is 23.2 Å². The minimum Gasteiger partial charge on any atom is -0.493 e. The first-order valence-electron chi connectivity index (χ1n) is 9.99. The molecule has 0 saturated carbocycles. The maximum absolute atomic E-state index is 5.63. The van der Waals surface area contributed by atoms with Gasteiger partial charge >= 0.3 is 0 Å². The van der Waals surface area contributed by atoms with Gasteiger partial charge in [-0.05, 0) is 51.2 Å². The van der Waals surface area contributed by atoms with Gasteiger partial charge < -0.3 is 20.1 Å². The van der Waals surface area contributed by atoms with E-state index in [4.69, 9.17) is 14.5 Å². The number of aromatic nitrogens is 1. The van der Waals surface area contributed by atoms with Gasteiger partial charge in [0, 0.05) is 36.6 Å². The van der Waals surface area contributed by atoms with Crippen LogP contribution < -0.4 is 20.1 Å². The van der Waals surface area contributed by atoms with Crippen molar-refractivity contribution >= 4 is 23.0 Å². The molecular formula is C21H30N4O2S. The number of anilines is 1. The Labute approximate surface area is 171 Å². The van der Waals surface area contributed by atoms with Gasteiger partial charge in [-0.15, -0.1) is 11.3 Å². The molecule has 1 aromatic heterocycles. The number of hydrogen-bond donors (Lipinski definition) is 2. The van der Waals surface area contributed by atoms with Gasteiger partial charge in [0.2, 0.25) is 0 Å². The van der Waals surface area contributed by atoms with Crippen molar-refractivity contribution in [2.45, 2.75) is 45.4 Å². The Hall–Kier alpha value is -2.28. The molecule has 0 radical (unpaired) electrons. The number of methoxy groups -OCH3 is 1. The molecule has 1 heterocycles. The number of rotatable bonds is 8. The summed E-state index contributed by atoms with van der Waals surface area (Å²) >= 11 is 1.90. The Morgan fingerprint density at radius 1 is 1.25 bits per heavy atom. The number of benzene rings is 1. The van der Waals surface area contributed by atoms with Crippen LogP contribution in [0.25, 0.3) is 0 Å². The first kappa shape index (κ1) is 20.5. The Morgan fingerprint density at radius 2 is 2.11 bits per heavy atom. The summed E-state index contributed by atoms with van der Waals surface area (Å²) in [5, 5.41) is 7.95. The predicted octanol–water partition coefficient (Wildman–Crippen LogP) is 4.05. The second kappa shape index (κ2) is 10.3. The van der Waals surface area contributed by atoms with Crippen molar-refractivity contribution < 1.29 is 9.47 Å². The number of aryl methyl sites for hydroxylation is 3. The third-order valence-corrected chi connectivity index (χ3v) is 5.92. The van der Waals surface area contributed by atoms with E-state index in [1.165, 1.54) is 34.8 Å². The predicted molar refractivity (Wildman–Crippen MR) is 116 cm³/mol. The topological polar surface area (TPSA) is 67.8 Å². The number of guanidine groups is 1.